The molecular formula is C53H35N3. The quantitative estimate of drug-likeness (QED) is 0.154. The Labute approximate surface area is 326 Å². The number of nitrogens with zero attached hydrogens (tertiary/aromatic N) is 3. The van der Waals surface area contributed by atoms with Gasteiger partial charge in [0.1, 0.15) is 0 Å². The molecule has 262 valence electrons. The number of aromatic nitrogens is 3. The Balaban J connectivity index is 1.16. The molecule has 10 aromatic rings. The molecule has 0 aliphatic rings. The number of fused-ring (bicyclic) bond motifs is 3. The van der Waals surface area contributed by atoms with Gasteiger partial charge in [-0.05, 0) is 33.9 Å². The normalized spacial score (nSPS) is 11.2. The smallest absolute Gasteiger partial charge is 0.160 e. The lowest BCUT2D eigenvalue weighted by Crippen LogP contribution is -1.96. The van der Waals surface area contributed by atoms with Crippen LogP contribution < -0.4 is 0 Å². The van der Waals surface area contributed by atoms with E-state index >= 15 is 0 Å². The Morgan fingerprint density at radius 1 is 0.268 bits per heavy atom. The molecule has 0 bridgehead atoms. The van der Waals surface area contributed by atoms with E-state index in [2.05, 4.69) is 176 Å². The van der Waals surface area contributed by atoms with Crippen molar-refractivity contribution in [3.8, 4) is 78.5 Å². The van der Waals surface area contributed by atoms with Crippen LogP contribution in [0.1, 0.15) is 0 Å². The lowest BCUT2D eigenvalue weighted by molar-refractivity contribution is 1.18. The summed E-state index contributed by atoms with van der Waals surface area (Å²) < 4.78 is 0. The highest BCUT2D eigenvalue weighted by atomic mass is 14.9. The summed E-state index contributed by atoms with van der Waals surface area (Å²) in [6.45, 7) is 0. The topological polar surface area (TPSA) is 38.7 Å². The summed E-state index contributed by atoms with van der Waals surface area (Å²) in [5.74, 6) is 0.703. The second kappa shape index (κ2) is 14.4. The second-order valence-corrected chi connectivity index (χ2v) is 13.9. The van der Waals surface area contributed by atoms with E-state index in [1.165, 1.54) is 27.6 Å². The van der Waals surface area contributed by atoms with Gasteiger partial charge in [-0.3, -0.25) is 0 Å². The third-order valence-electron chi connectivity index (χ3n) is 10.5. The summed E-state index contributed by atoms with van der Waals surface area (Å²) in [6.07, 6.45) is 0. The second-order valence-electron chi connectivity index (χ2n) is 13.9. The summed E-state index contributed by atoms with van der Waals surface area (Å²) in [7, 11) is 0. The summed E-state index contributed by atoms with van der Waals surface area (Å²) in [6, 6.07) is 74.5. The highest BCUT2D eigenvalue weighted by Gasteiger charge is 2.19. The molecule has 0 N–H and O–H groups in total. The summed E-state index contributed by atoms with van der Waals surface area (Å²) in [5, 5.41) is 3.44. The van der Waals surface area contributed by atoms with Crippen LogP contribution in [0.5, 0.6) is 0 Å². The third kappa shape index (κ3) is 6.12. The van der Waals surface area contributed by atoms with Gasteiger partial charge in [0, 0.05) is 44.0 Å². The number of hydrogen-bond acceptors (Lipinski definition) is 3. The number of para-hydroxylation sites is 1. The molecule has 2 aromatic heterocycles. The molecule has 0 aliphatic carbocycles. The van der Waals surface area contributed by atoms with Crippen molar-refractivity contribution in [3.05, 3.63) is 212 Å². The van der Waals surface area contributed by atoms with Gasteiger partial charge in [0.05, 0.1) is 22.6 Å². The van der Waals surface area contributed by atoms with Gasteiger partial charge in [0.25, 0.3) is 0 Å². The van der Waals surface area contributed by atoms with E-state index in [0.29, 0.717) is 5.82 Å². The third-order valence-corrected chi connectivity index (χ3v) is 10.5. The van der Waals surface area contributed by atoms with Crippen molar-refractivity contribution in [1.82, 2.24) is 15.0 Å². The minimum absolute atomic E-state index is 0.703. The van der Waals surface area contributed by atoms with Crippen molar-refractivity contribution in [1.29, 1.82) is 0 Å². The molecule has 0 saturated carbocycles. The molecule has 10 rings (SSSR count). The number of benzene rings is 8. The van der Waals surface area contributed by atoms with Crippen LogP contribution >= 0.6 is 0 Å². The molecule has 0 unspecified atom stereocenters. The summed E-state index contributed by atoms with van der Waals surface area (Å²) in [5.41, 5.74) is 14.8. The number of pyridine rings is 1. The van der Waals surface area contributed by atoms with Crippen LogP contribution in [0.4, 0.5) is 0 Å². The van der Waals surface area contributed by atoms with E-state index in [1.54, 1.807) is 0 Å². The fraction of sp³-hybridized carbons (Fsp3) is 0. The maximum atomic E-state index is 5.52. The van der Waals surface area contributed by atoms with Crippen LogP contribution in [-0.2, 0) is 0 Å². The minimum atomic E-state index is 0.703. The predicted octanol–water partition coefficient (Wildman–Crippen LogP) is 13.8. The highest BCUT2D eigenvalue weighted by molar-refractivity contribution is 6.20. The Morgan fingerprint density at radius 2 is 0.714 bits per heavy atom. The van der Waals surface area contributed by atoms with Crippen molar-refractivity contribution in [2.45, 2.75) is 0 Å². The highest BCUT2D eigenvalue weighted by Crippen LogP contribution is 2.43. The average molecular weight is 714 g/mol. The molecule has 8 aromatic carbocycles. The molecule has 3 heteroatoms. The maximum absolute atomic E-state index is 5.52. The fourth-order valence-corrected chi connectivity index (χ4v) is 7.83. The van der Waals surface area contributed by atoms with Gasteiger partial charge in [0.15, 0.2) is 5.82 Å². The molecule has 0 saturated heterocycles. The Morgan fingerprint density at radius 3 is 1.36 bits per heavy atom. The predicted molar refractivity (Wildman–Crippen MR) is 233 cm³/mol. The van der Waals surface area contributed by atoms with Crippen LogP contribution in [0.25, 0.3) is 100 Å². The number of rotatable bonds is 7. The summed E-state index contributed by atoms with van der Waals surface area (Å²) in [4.78, 5) is 15.6. The zero-order chi connectivity index (χ0) is 37.3. The molecule has 0 aliphatic heterocycles. The first kappa shape index (κ1) is 33.1. The zero-order valence-corrected chi connectivity index (χ0v) is 30.5. The summed E-state index contributed by atoms with van der Waals surface area (Å²) >= 11 is 0. The van der Waals surface area contributed by atoms with Gasteiger partial charge in [0.2, 0.25) is 0 Å². The van der Waals surface area contributed by atoms with Gasteiger partial charge in [-0.1, -0.05) is 206 Å². The monoisotopic (exact) mass is 713 g/mol. The van der Waals surface area contributed by atoms with Crippen molar-refractivity contribution in [2.24, 2.45) is 0 Å². The molecule has 0 fully saturated rings. The first-order valence-corrected chi connectivity index (χ1v) is 18.9. The first-order valence-electron chi connectivity index (χ1n) is 18.9. The van der Waals surface area contributed by atoms with E-state index < -0.39 is 0 Å². The Kier molecular flexibility index (Phi) is 8.51. The molecule has 2 heterocycles. The molecule has 3 nitrogen and oxygen atoms in total. The van der Waals surface area contributed by atoms with Crippen LogP contribution in [0.3, 0.4) is 0 Å². The molecule has 0 radical (unpaired) electrons. The van der Waals surface area contributed by atoms with E-state index in [9.17, 15) is 0 Å². The van der Waals surface area contributed by atoms with Gasteiger partial charge >= 0.3 is 0 Å². The van der Waals surface area contributed by atoms with E-state index in [-0.39, 0.29) is 0 Å². The number of hydrogen-bond donors (Lipinski definition) is 0. The minimum Gasteiger partial charge on any atom is -0.246 e. The Bertz CT molecular complexity index is 2920. The lowest BCUT2D eigenvalue weighted by Gasteiger charge is -2.18. The van der Waals surface area contributed by atoms with Gasteiger partial charge in [-0.2, -0.15) is 0 Å². The van der Waals surface area contributed by atoms with Crippen LogP contribution in [-0.4, -0.2) is 15.0 Å². The van der Waals surface area contributed by atoms with E-state index in [1.807, 2.05) is 36.4 Å². The van der Waals surface area contributed by atoms with Crippen molar-refractivity contribution in [2.75, 3.05) is 0 Å². The van der Waals surface area contributed by atoms with Crippen molar-refractivity contribution >= 4 is 21.7 Å². The standard InChI is InChI=1S/C53H35N3/c1-5-17-36(18-6-1)42-25-13-14-26-44(42)45-28-16-29-46-50(45)47-30-15-27-43(52(47)56-51(46)40-21-9-3-10-22-40)37-31-33-39(34-32-37)49-35-48(38-19-7-2-8-20-38)54-53(55-49)41-23-11-4-12-24-41/h1-35H. The maximum Gasteiger partial charge on any atom is 0.160 e. The molecule has 0 atom stereocenters. The Hall–Kier alpha value is -7.49. The molecule has 0 amide bonds. The SMILES string of the molecule is c1ccc(-c2cc(-c3ccc(-c4cccc5c4nc(-c4ccccc4)c4cccc(-c6ccccc6-c6ccccc6)c45)cc3)nc(-c3ccccc3)n2)cc1. The largest absolute Gasteiger partial charge is 0.246 e. The van der Waals surface area contributed by atoms with Gasteiger partial charge in [-0.15, -0.1) is 0 Å². The van der Waals surface area contributed by atoms with Crippen LogP contribution in [0.2, 0.25) is 0 Å². The average Bonchev–Trinajstić information content (AvgIpc) is 3.29. The zero-order valence-electron chi connectivity index (χ0n) is 30.5. The molecular weight excluding hydrogens is 679 g/mol. The van der Waals surface area contributed by atoms with Crippen molar-refractivity contribution < 1.29 is 0 Å². The van der Waals surface area contributed by atoms with Crippen LogP contribution in [0.15, 0.2) is 212 Å². The van der Waals surface area contributed by atoms with E-state index in [4.69, 9.17) is 15.0 Å². The lowest BCUT2D eigenvalue weighted by atomic mass is 9.88. The molecule has 56 heavy (non-hydrogen) atoms. The first-order chi connectivity index (χ1) is 27.8. The fourth-order valence-electron chi connectivity index (χ4n) is 7.83. The van der Waals surface area contributed by atoms with Crippen LogP contribution in [0, 0.1) is 0 Å². The van der Waals surface area contributed by atoms with Gasteiger partial charge in [-0.25, -0.2) is 15.0 Å². The van der Waals surface area contributed by atoms with E-state index in [0.717, 1.165) is 66.8 Å². The van der Waals surface area contributed by atoms with Crippen molar-refractivity contribution in [3.63, 3.8) is 0 Å². The molecule has 0 spiro atoms. The van der Waals surface area contributed by atoms with Gasteiger partial charge < -0.3 is 0 Å².